The van der Waals surface area contributed by atoms with Crippen molar-refractivity contribution in [3.8, 4) is 0 Å². The van der Waals surface area contributed by atoms with E-state index < -0.39 is 0 Å². The molecular weight excluding hydrogens is 204 g/mol. The first kappa shape index (κ1) is 14.8. The van der Waals surface area contributed by atoms with Crippen molar-refractivity contribution in [2.45, 2.75) is 80.1 Å². The van der Waals surface area contributed by atoms with Crippen LogP contribution >= 0.6 is 0 Å². The van der Waals surface area contributed by atoms with Gasteiger partial charge in [-0.3, -0.25) is 0 Å². The summed E-state index contributed by atoms with van der Waals surface area (Å²) in [6, 6.07) is 0. The summed E-state index contributed by atoms with van der Waals surface area (Å²) >= 11 is 0. The molecule has 1 aliphatic carbocycles. The molecule has 1 aliphatic rings. The van der Waals surface area contributed by atoms with E-state index in [2.05, 4.69) is 41.5 Å². The third kappa shape index (κ3) is 3.86. The first-order valence-electron chi connectivity index (χ1n) is 7.60. The zero-order valence-corrected chi connectivity index (χ0v) is 12.9. The highest BCUT2D eigenvalue weighted by Crippen LogP contribution is 2.43. The van der Waals surface area contributed by atoms with Gasteiger partial charge >= 0.3 is 0 Å². The van der Waals surface area contributed by atoms with Gasteiger partial charge in [0, 0.05) is 0 Å². The van der Waals surface area contributed by atoms with Gasteiger partial charge in [-0.25, -0.2) is 0 Å². The monoisotopic (exact) mass is 236 g/mol. The average Bonchev–Trinajstić information content (AvgIpc) is 2.28. The van der Waals surface area contributed by atoms with E-state index in [4.69, 9.17) is 0 Å². The van der Waals surface area contributed by atoms with Gasteiger partial charge in [0.25, 0.3) is 0 Å². The molecule has 100 valence electrons. The number of allylic oxidation sites excluding steroid dienone is 2. The van der Waals surface area contributed by atoms with Crippen molar-refractivity contribution < 1.29 is 0 Å². The molecule has 0 saturated carbocycles. The first-order chi connectivity index (χ1) is 7.88. The molecule has 0 spiro atoms. The third-order valence-electron chi connectivity index (χ3n) is 4.63. The topological polar surface area (TPSA) is 0 Å². The molecule has 0 heterocycles. The van der Waals surface area contributed by atoms with Crippen molar-refractivity contribution in [1.29, 1.82) is 0 Å². The first-order valence-corrected chi connectivity index (χ1v) is 7.60. The van der Waals surface area contributed by atoms with Gasteiger partial charge in [0.15, 0.2) is 0 Å². The molecule has 1 atom stereocenters. The van der Waals surface area contributed by atoms with Crippen molar-refractivity contribution in [3.63, 3.8) is 0 Å². The maximum Gasteiger partial charge on any atom is -0.0145 e. The molecule has 0 amide bonds. The van der Waals surface area contributed by atoms with E-state index >= 15 is 0 Å². The van der Waals surface area contributed by atoms with Crippen LogP contribution < -0.4 is 0 Å². The molecule has 0 aliphatic heterocycles. The van der Waals surface area contributed by atoms with Crippen LogP contribution in [0.5, 0.6) is 0 Å². The second kappa shape index (κ2) is 6.07. The molecule has 0 fully saturated rings. The summed E-state index contributed by atoms with van der Waals surface area (Å²) in [4.78, 5) is 0. The van der Waals surface area contributed by atoms with Gasteiger partial charge < -0.3 is 0 Å². The van der Waals surface area contributed by atoms with E-state index in [0.29, 0.717) is 5.41 Å². The van der Waals surface area contributed by atoms with E-state index in [0.717, 1.165) is 11.8 Å². The van der Waals surface area contributed by atoms with Crippen LogP contribution in [0, 0.1) is 17.3 Å². The lowest BCUT2D eigenvalue weighted by atomic mass is 9.70. The summed E-state index contributed by atoms with van der Waals surface area (Å²) in [5, 5.41) is 0. The number of rotatable bonds is 5. The van der Waals surface area contributed by atoms with Crippen LogP contribution in [-0.4, -0.2) is 0 Å². The summed E-state index contributed by atoms with van der Waals surface area (Å²) in [6.45, 7) is 14.4. The maximum absolute atomic E-state index is 2.45. The second-order valence-corrected chi connectivity index (χ2v) is 6.98. The molecule has 0 aromatic heterocycles. The summed E-state index contributed by atoms with van der Waals surface area (Å²) < 4.78 is 0. The fraction of sp³-hybridized carbons (Fsp3) is 0.882. The van der Waals surface area contributed by atoms with Crippen LogP contribution in [-0.2, 0) is 0 Å². The number of hydrogen-bond acceptors (Lipinski definition) is 0. The van der Waals surface area contributed by atoms with Gasteiger partial charge in [0.1, 0.15) is 0 Å². The Morgan fingerprint density at radius 1 is 1.06 bits per heavy atom. The van der Waals surface area contributed by atoms with E-state index in [1.165, 1.54) is 38.5 Å². The lowest BCUT2D eigenvalue weighted by Gasteiger charge is -2.35. The lowest BCUT2D eigenvalue weighted by Crippen LogP contribution is -2.21. The van der Waals surface area contributed by atoms with Crippen molar-refractivity contribution in [3.05, 3.63) is 11.1 Å². The highest BCUT2D eigenvalue weighted by Gasteiger charge is 2.28. The fourth-order valence-corrected chi connectivity index (χ4v) is 3.31. The van der Waals surface area contributed by atoms with Crippen LogP contribution in [0.2, 0.25) is 0 Å². The Morgan fingerprint density at radius 3 is 2.18 bits per heavy atom. The highest BCUT2D eigenvalue weighted by atomic mass is 14.3. The Labute approximate surface area is 109 Å². The Hall–Kier alpha value is -0.260. The van der Waals surface area contributed by atoms with Gasteiger partial charge in [-0.05, 0) is 55.8 Å². The molecule has 0 bridgehead atoms. The van der Waals surface area contributed by atoms with E-state index in [-0.39, 0.29) is 0 Å². The number of hydrogen-bond donors (Lipinski definition) is 0. The summed E-state index contributed by atoms with van der Waals surface area (Å²) in [7, 11) is 0. The van der Waals surface area contributed by atoms with Gasteiger partial charge in [0.05, 0.1) is 0 Å². The molecule has 0 heteroatoms. The molecule has 17 heavy (non-hydrogen) atoms. The smallest absolute Gasteiger partial charge is 0.0145 e. The highest BCUT2D eigenvalue weighted by molar-refractivity contribution is 5.25. The second-order valence-electron chi connectivity index (χ2n) is 6.98. The quantitative estimate of drug-likeness (QED) is 0.515. The van der Waals surface area contributed by atoms with Gasteiger partial charge in [-0.2, -0.15) is 0 Å². The molecule has 1 rings (SSSR count). The Balaban J connectivity index is 2.95. The molecule has 0 N–H and O–H groups in total. The van der Waals surface area contributed by atoms with E-state index in [1.807, 2.05) is 5.57 Å². The van der Waals surface area contributed by atoms with Crippen LogP contribution in [0.4, 0.5) is 0 Å². The van der Waals surface area contributed by atoms with Crippen molar-refractivity contribution in [2.24, 2.45) is 17.3 Å². The molecule has 0 nitrogen and oxygen atoms in total. The predicted octanol–water partition coefficient (Wildman–Crippen LogP) is 5.98. The van der Waals surface area contributed by atoms with Gasteiger partial charge in [-0.15, -0.1) is 0 Å². The Morgan fingerprint density at radius 2 is 1.65 bits per heavy atom. The normalized spacial score (nSPS) is 19.9. The van der Waals surface area contributed by atoms with E-state index in [1.54, 1.807) is 5.57 Å². The minimum Gasteiger partial charge on any atom is -0.0676 e. The summed E-state index contributed by atoms with van der Waals surface area (Å²) in [5.74, 6) is 1.63. The van der Waals surface area contributed by atoms with Crippen molar-refractivity contribution in [2.75, 3.05) is 0 Å². The minimum absolute atomic E-state index is 0.432. The summed E-state index contributed by atoms with van der Waals surface area (Å²) in [5.41, 5.74) is 4.05. The molecule has 0 aromatic carbocycles. The third-order valence-corrected chi connectivity index (χ3v) is 4.63. The molecule has 1 unspecified atom stereocenters. The largest absolute Gasteiger partial charge is 0.0676 e. The fourth-order valence-electron chi connectivity index (χ4n) is 3.31. The van der Waals surface area contributed by atoms with Crippen molar-refractivity contribution in [1.82, 2.24) is 0 Å². The van der Waals surface area contributed by atoms with Gasteiger partial charge in [0.2, 0.25) is 0 Å². The van der Waals surface area contributed by atoms with Crippen LogP contribution in [0.15, 0.2) is 11.1 Å². The average molecular weight is 236 g/mol. The molecule has 0 aromatic rings. The van der Waals surface area contributed by atoms with Crippen molar-refractivity contribution >= 4 is 0 Å². The SMILES string of the molecule is CCC(C)(C)C1=C(C(C)CC(C)C)CCCC1. The molecule has 0 saturated heterocycles. The van der Waals surface area contributed by atoms with Crippen LogP contribution in [0.25, 0.3) is 0 Å². The van der Waals surface area contributed by atoms with Crippen LogP contribution in [0.3, 0.4) is 0 Å². The lowest BCUT2D eigenvalue weighted by molar-refractivity contribution is 0.370. The van der Waals surface area contributed by atoms with Gasteiger partial charge in [-0.1, -0.05) is 52.7 Å². The summed E-state index contributed by atoms with van der Waals surface area (Å²) in [6.07, 6.45) is 8.20. The molecule has 0 radical (unpaired) electrons. The standard InChI is InChI=1S/C17H32/c1-7-17(5,6)16-11-9-8-10-15(16)14(4)12-13(2)3/h13-14H,7-12H2,1-6H3. The minimum atomic E-state index is 0.432. The molecular formula is C17H32. The zero-order chi connectivity index (χ0) is 13.1. The van der Waals surface area contributed by atoms with Crippen LogP contribution in [0.1, 0.15) is 80.1 Å². The van der Waals surface area contributed by atoms with E-state index in [9.17, 15) is 0 Å². The maximum atomic E-state index is 2.45. The Bertz CT molecular complexity index is 268. The predicted molar refractivity (Wildman–Crippen MR) is 78.2 cm³/mol. The Kier molecular flexibility index (Phi) is 5.28. The zero-order valence-electron chi connectivity index (χ0n) is 12.9.